The summed E-state index contributed by atoms with van der Waals surface area (Å²) in [6.07, 6.45) is -2.05. The normalized spacial score (nSPS) is 15.3. The van der Waals surface area contributed by atoms with E-state index in [-0.39, 0.29) is 11.8 Å². The van der Waals surface area contributed by atoms with Crippen molar-refractivity contribution in [2.75, 3.05) is 31.1 Å². The molecule has 4 nitrogen and oxygen atoms in total. The molecule has 186 valence electrons. The maximum atomic E-state index is 13.5. The van der Waals surface area contributed by atoms with E-state index >= 15 is 0 Å². The second kappa shape index (κ2) is 9.72. The first-order valence-corrected chi connectivity index (χ1v) is 12.1. The molecule has 7 heteroatoms. The number of aromatic amines is 1. The highest BCUT2D eigenvalue weighted by Gasteiger charge is 2.31. The standard InChI is InChI=1S/C29H28F3N3O/c1-20-9-11-21(12-10-20)25(26-19-33-27-8-3-2-7-24(26)27)18-28(36)35-15-13-34(14-16-35)23-6-4-5-22(17-23)29(30,31)32/h2-12,17,19,25,33H,13-16,18H2,1H3. The van der Waals surface area contributed by atoms with Crippen LogP contribution in [0, 0.1) is 6.92 Å². The van der Waals surface area contributed by atoms with Gasteiger partial charge in [-0.3, -0.25) is 4.79 Å². The van der Waals surface area contributed by atoms with E-state index in [1.807, 2.05) is 41.1 Å². The Morgan fingerprint density at radius 3 is 2.39 bits per heavy atom. The fourth-order valence-electron chi connectivity index (χ4n) is 4.99. The Balaban J connectivity index is 1.32. The van der Waals surface area contributed by atoms with Gasteiger partial charge in [0.1, 0.15) is 0 Å². The first kappa shape index (κ1) is 24.0. The Morgan fingerprint density at radius 1 is 0.944 bits per heavy atom. The number of fused-ring (bicyclic) bond motifs is 1. The van der Waals surface area contributed by atoms with Crippen molar-refractivity contribution in [3.8, 4) is 0 Å². The Morgan fingerprint density at radius 2 is 1.67 bits per heavy atom. The molecule has 36 heavy (non-hydrogen) atoms. The molecule has 1 unspecified atom stereocenters. The number of rotatable bonds is 5. The monoisotopic (exact) mass is 491 g/mol. The number of carbonyl (C=O) groups excluding carboxylic acids is 1. The van der Waals surface area contributed by atoms with E-state index in [4.69, 9.17) is 0 Å². The number of aryl methyl sites for hydroxylation is 1. The van der Waals surface area contributed by atoms with Crippen molar-refractivity contribution >= 4 is 22.5 Å². The number of nitrogens with zero attached hydrogens (tertiary/aromatic N) is 2. The number of aromatic nitrogens is 1. The van der Waals surface area contributed by atoms with Gasteiger partial charge in [0.2, 0.25) is 5.91 Å². The maximum Gasteiger partial charge on any atom is 0.416 e. The van der Waals surface area contributed by atoms with Gasteiger partial charge in [-0.1, -0.05) is 54.1 Å². The molecule has 0 bridgehead atoms. The predicted octanol–water partition coefficient (Wildman–Crippen LogP) is 6.37. The summed E-state index contributed by atoms with van der Waals surface area (Å²) in [7, 11) is 0. The zero-order valence-electron chi connectivity index (χ0n) is 20.1. The number of anilines is 1. The fraction of sp³-hybridized carbons (Fsp3) is 0.276. The van der Waals surface area contributed by atoms with Gasteiger partial charge in [-0.05, 0) is 42.3 Å². The number of amides is 1. The largest absolute Gasteiger partial charge is 0.416 e. The van der Waals surface area contributed by atoms with Crippen LogP contribution in [0.1, 0.15) is 34.6 Å². The maximum absolute atomic E-state index is 13.5. The van der Waals surface area contributed by atoms with Crippen LogP contribution in [0.5, 0.6) is 0 Å². The summed E-state index contributed by atoms with van der Waals surface area (Å²) >= 11 is 0. The first-order chi connectivity index (χ1) is 17.3. The van der Waals surface area contributed by atoms with Crippen molar-refractivity contribution in [2.24, 2.45) is 0 Å². The van der Waals surface area contributed by atoms with Gasteiger partial charge in [0.15, 0.2) is 0 Å². The molecule has 0 spiro atoms. The third-order valence-corrected chi connectivity index (χ3v) is 7.03. The van der Waals surface area contributed by atoms with Gasteiger partial charge in [0, 0.05) is 61.3 Å². The number of halogens is 3. The Hall–Kier alpha value is -3.74. The summed E-state index contributed by atoms with van der Waals surface area (Å²) < 4.78 is 39.4. The number of hydrogen-bond acceptors (Lipinski definition) is 2. The van der Waals surface area contributed by atoms with Crippen LogP contribution in [0.15, 0.2) is 79.0 Å². The summed E-state index contributed by atoms with van der Waals surface area (Å²) in [5, 5.41) is 1.10. The molecule has 0 saturated carbocycles. The molecule has 0 radical (unpaired) electrons. The highest BCUT2D eigenvalue weighted by Crippen LogP contribution is 2.35. The van der Waals surface area contributed by atoms with Crippen molar-refractivity contribution in [2.45, 2.75) is 25.4 Å². The van der Waals surface area contributed by atoms with E-state index in [0.717, 1.165) is 33.7 Å². The van der Waals surface area contributed by atoms with Gasteiger partial charge in [-0.15, -0.1) is 0 Å². The molecule has 4 aromatic rings. The molecule has 1 aliphatic rings. The van der Waals surface area contributed by atoms with Gasteiger partial charge in [0.25, 0.3) is 0 Å². The third-order valence-electron chi connectivity index (χ3n) is 7.03. The molecule has 1 saturated heterocycles. The summed E-state index contributed by atoms with van der Waals surface area (Å²) in [6, 6.07) is 21.8. The van der Waals surface area contributed by atoms with Crippen molar-refractivity contribution < 1.29 is 18.0 Å². The second-order valence-electron chi connectivity index (χ2n) is 9.37. The van der Waals surface area contributed by atoms with Crippen molar-refractivity contribution in [3.05, 3.63) is 101 Å². The zero-order chi connectivity index (χ0) is 25.3. The lowest BCUT2D eigenvalue weighted by Gasteiger charge is -2.37. The SMILES string of the molecule is Cc1ccc(C(CC(=O)N2CCN(c3cccc(C(F)(F)F)c3)CC2)c2c[nH]c3ccccc23)cc1. The van der Waals surface area contributed by atoms with E-state index in [0.29, 0.717) is 38.3 Å². The molecule has 1 amide bonds. The molecule has 2 heterocycles. The summed E-state index contributed by atoms with van der Waals surface area (Å²) in [6.45, 7) is 3.98. The van der Waals surface area contributed by atoms with E-state index in [9.17, 15) is 18.0 Å². The number of para-hydroxylation sites is 1. The first-order valence-electron chi connectivity index (χ1n) is 12.1. The van der Waals surface area contributed by atoms with Gasteiger partial charge in [-0.2, -0.15) is 13.2 Å². The second-order valence-corrected chi connectivity index (χ2v) is 9.37. The number of carbonyl (C=O) groups is 1. The van der Waals surface area contributed by atoms with E-state index in [1.165, 1.54) is 12.1 Å². The molecule has 5 rings (SSSR count). The minimum Gasteiger partial charge on any atom is -0.368 e. The molecule has 0 aliphatic carbocycles. The lowest BCUT2D eigenvalue weighted by atomic mass is 9.87. The van der Waals surface area contributed by atoms with Crippen molar-refractivity contribution in [3.63, 3.8) is 0 Å². The molecule has 1 N–H and O–H groups in total. The van der Waals surface area contributed by atoms with Crippen LogP contribution in [0.25, 0.3) is 10.9 Å². The fourth-order valence-corrected chi connectivity index (χ4v) is 4.99. The molecule has 1 aromatic heterocycles. The Labute approximate surface area is 208 Å². The van der Waals surface area contributed by atoms with Crippen LogP contribution in [-0.2, 0) is 11.0 Å². The number of nitrogens with one attached hydrogen (secondary N) is 1. The number of alkyl halides is 3. The lowest BCUT2D eigenvalue weighted by molar-refractivity contribution is -0.137. The highest BCUT2D eigenvalue weighted by atomic mass is 19.4. The summed E-state index contributed by atoms with van der Waals surface area (Å²) in [5.41, 5.74) is 4.25. The number of piperazine rings is 1. The van der Waals surface area contributed by atoms with Crippen molar-refractivity contribution in [1.82, 2.24) is 9.88 Å². The number of H-pyrrole nitrogens is 1. The van der Waals surface area contributed by atoms with Crippen LogP contribution >= 0.6 is 0 Å². The number of hydrogen-bond donors (Lipinski definition) is 1. The summed E-state index contributed by atoms with van der Waals surface area (Å²) in [5.74, 6) is -0.0507. The average Bonchev–Trinajstić information content (AvgIpc) is 3.31. The Kier molecular flexibility index (Phi) is 6.48. The van der Waals surface area contributed by atoms with E-state index in [1.54, 1.807) is 6.07 Å². The van der Waals surface area contributed by atoms with Crippen LogP contribution < -0.4 is 4.90 Å². The molecular formula is C29H28F3N3O. The van der Waals surface area contributed by atoms with Crippen LogP contribution in [-0.4, -0.2) is 42.0 Å². The predicted molar refractivity (Wildman–Crippen MR) is 136 cm³/mol. The molecule has 1 atom stereocenters. The average molecular weight is 492 g/mol. The molecular weight excluding hydrogens is 463 g/mol. The Bertz CT molecular complexity index is 1350. The third kappa shape index (κ3) is 4.96. The van der Waals surface area contributed by atoms with Gasteiger partial charge in [-0.25, -0.2) is 0 Å². The quantitative estimate of drug-likeness (QED) is 0.353. The molecule has 3 aromatic carbocycles. The minimum atomic E-state index is -4.37. The van der Waals surface area contributed by atoms with Gasteiger partial charge < -0.3 is 14.8 Å². The summed E-state index contributed by atoms with van der Waals surface area (Å²) in [4.78, 5) is 20.5. The van der Waals surface area contributed by atoms with Crippen molar-refractivity contribution in [1.29, 1.82) is 0 Å². The van der Waals surface area contributed by atoms with Crippen LogP contribution in [0.3, 0.4) is 0 Å². The van der Waals surface area contributed by atoms with Gasteiger partial charge in [0.05, 0.1) is 5.56 Å². The smallest absolute Gasteiger partial charge is 0.368 e. The van der Waals surface area contributed by atoms with Crippen LogP contribution in [0.2, 0.25) is 0 Å². The minimum absolute atomic E-state index is 0.0505. The zero-order valence-corrected chi connectivity index (χ0v) is 20.1. The highest BCUT2D eigenvalue weighted by molar-refractivity contribution is 5.86. The molecule has 1 fully saturated rings. The topological polar surface area (TPSA) is 39.3 Å². The molecule has 1 aliphatic heterocycles. The van der Waals surface area contributed by atoms with E-state index in [2.05, 4.69) is 35.3 Å². The van der Waals surface area contributed by atoms with E-state index < -0.39 is 11.7 Å². The number of benzene rings is 3. The van der Waals surface area contributed by atoms with Gasteiger partial charge >= 0.3 is 6.18 Å². The van der Waals surface area contributed by atoms with Crippen LogP contribution in [0.4, 0.5) is 18.9 Å². The lowest BCUT2D eigenvalue weighted by Crippen LogP contribution is -2.49.